The average Bonchev–Trinajstić information content (AvgIpc) is 3.30. The van der Waals surface area contributed by atoms with Crippen molar-refractivity contribution in [1.29, 1.82) is 0 Å². The van der Waals surface area contributed by atoms with Crippen LogP contribution in [-0.2, 0) is 17.8 Å². The van der Waals surface area contributed by atoms with Crippen LogP contribution in [0.25, 0.3) is 11.3 Å². The van der Waals surface area contributed by atoms with E-state index >= 15 is 0 Å². The lowest BCUT2D eigenvalue weighted by atomic mass is 10.2. The molecule has 0 radical (unpaired) electrons. The Morgan fingerprint density at radius 1 is 1.08 bits per heavy atom. The molecule has 0 aliphatic heterocycles. The number of methoxy groups -OCH3 is 1. The molecular weight excluding hydrogens is 306 g/mol. The van der Waals surface area contributed by atoms with Gasteiger partial charge in [-0.05, 0) is 48.5 Å². The van der Waals surface area contributed by atoms with Gasteiger partial charge in [0, 0.05) is 18.4 Å². The minimum atomic E-state index is -0.0335. The molecular formula is C19H19NO4. The number of nitrogens with one attached hydrogen (secondary N) is 1. The Morgan fingerprint density at radius 2 is 1.92 bits per heavy atom. The molecule has 0 aliphatic rings. The maximum absolute atomic E-state index is 11.9. The number of carbonyl (C=O) groups excluding carboxylic acids is 1. The number of hydrogen-bond donors (Lipinski definition) is 1. The Labute approximate surface area is 140 Å². The molecule has 3 rings (SSSR count). The number of carbonyl (C=O) groups is 1. The number of rotatable bonds is 7. The second-order valence-electron chi connectivity index (χ2n) is 5.35. The number of ether oxygens (including phenoxy) is 1. The molecule has 1 amide bonds. The molecule has 0 fully saturated rings. The SMILES string of the molecule is COc1ccc(-c2ccc(CCC(=O)NCc3ccco3)o2)cc1. The molecule has 0 unspecified atom stereocenters. The molecule has 0 bridgehead atoms. The standard InChI is InChI=1S/C19H19NO4/c1-22-15-6-4-14(5-7-15)18-10-8-16(24-18)9-11-19(21)20-13-17-3-2-12-23-17/h2-8,10,12H,9,11,13H2,1H3,(H,20,21). The summed E-state index contributed by atoms with van der Waals surface area (Å²) in [6.45, 7) is 0.404. The van der Waals surface area contributed by atoms with Gasteiger partial charge in [0.15, 0.2) is 0 Å². The van der Waals surface area contributed by atoms with E-state index in [1.165, 1.54) is 0 Å². The fraction of sp³-hybridized carbons (Fsp3) is 0.211. The molecule has 1 aromatic carbocycles. The van der Waals surface area contributed by atoms with Gasteiger partial charge in [-0.3, -0.25) is 4.79 Å². The lowest BCUT2D eigenvalue weighted by molar-refractivity contribution is -0.121. The van der Waals surface area contributed by atoms with Crippen LogP contribution in [0.1, 0.15) is 17.9 Å². The molecule has 2 aromatic heterocycles. The summed E-state index contributed by atoms with van der Waals surface area (Å²) >= 11 is 0. The van der Waals surface area contributed by atoms with Crippen LogP contribution >= 0.6 is 0 Å². The van der Waals surface area contributed by atoms with Crippen molar-refractivity contribution in [3.63, 3.8) is 0 Å². The number of benzene rings is 1. The monoisotopic (exact) mass is 325 g/mol. The van der Waals surface area contributed by atoms with Crippen molar-refractivity contribution < 1.29 is 18.4 Å². The summed E-state index contributed by atoms with van der Waals surface area (Å²) < 4.78 is 16.1. The zero-order valence-corrected chi connectivity index (χ0v) is 13.5. The predicted octanol–water partition coefficient (Wildman–Crippen LogP) is 3.80. The zero-order valence-electron chi connectivity index (χ0n) is 13.5. The van der Waals surface area contributed by atoms with E-state index in [0.29, 0.717) is 19.4 Å². The minimum Gasteiger partial charge on any atom is -0.497 e. The predicted molar refractivity (Wildman–Crippen MR) is 89.6 cm³/mol. The summed E-state index contributed by atoms with van der Waals surface area (Å²) in [6.07, 6.45) is 2.52. The Balaban J connectivity index is 1.51. The highest BCUT2D eigenvalue weighted by molar-refractivity contribution is 5.76. The van der Waals surface area contributed by atoms with Gasteiger partial charge in [-0.25, -0.2) is 0 Å². The average molecular weight is 325 g/mol. The van der Waals surface area contributed by atoms with Gasteiger partial charge in [-0.1, -0.05) is 0 Å². The maximum Gasteiger partial charge on any atom is 0.220 e. The second-order valence-corrected chi connectivity index (χ2v) is 5.35. The van der Waals surface area contributed by atoms with Gasteiger partial charge in [0.05, 0.1) is 19.9 Å². The van der Waals surface area contributed by atoms with Crippen molar-refractivity contribution in [2.45, 2.75) is 19.4 Å². The van der Waals surface area contributed by atoms with Crippen molar-refractivity contribution >= 4 is 5.91 Å². The lowest BCUT2D eigenvalue weighted by Crippen LogP contribution is -2.22. The van der Waals surface area contributed by atoms with Gasteiger partial charge in [-0.15, -0.1) is 0 Å². The lowest BCUT2D eigenvalue weighted by Gasteiger charge is -2.02. The van der Waals surface area contributed by atoms with Gasteiger partial charge >= 0.3 is 0 Å². The molecule has 0 spiro atoms. The number of hydrogen-bond acceptors (Lipinski definition) is 4. The van der Waals surface area contributed by atoms with Crippen LogP contribution in [0.2, 0.25) is 0 Å². The maximum atomic E-state index is 11.9. The van der Waals surface area contributed by atoms with Crippen molar-refractivity contribution in [1.82, 2.24) is 5.32 Å². The smallest absolute Gasteiger partial charge is 0.220 e. The van der Waals surface area contributed by atoms with Crippen LogP contribution in [0, 0.1) is 0 Å². The third kappa shape index (κ3) is 4.07. The van der Waals surface area contributed by atoms with Gasteiger partial charge < -0.3 is 18.9 Å². The van der Waals surface area contributed by atoms with Crippen molar-refractivity contribution in [3.8, 4) is 17.1 Å². The Morgan fingerprint density at radius 3 is 2.62 bits per heavy atom. The summed E-state index contributed by atoms with van der Waals surface area (Å²) in [5.41, 5.74) is 0.976. The van der Waals surface area contributed by atoms with E-state index in [9.17, 15) is 4.79 Å². The number of aryl methyl sites for hydroxylation is 1. The molecule has 0 aliphatic carbocycles. The van der Waals surface area contributed by atoms with Gasteiger partial charge in [0.25, 0.3) is 0 Å². The number of furan rings is 2. The summed E-state index contributed by atoms with van der Waals surface area (Å²) in [7, 11) is 1.64. The van der Waals surface area contributed by atoms with Crippen LogP contribution in [0.4, 0.5) is 0 Å². The zero-order chi connectivity index (χ0) is 16.8. The van der Waals surface area contributed by atoms with Crippen molar-refractivity contribution in [2.24, 2.45) is 0 Å². The molecule has 3 aromatic rings. The highest BCUT2D eigenvalue weighted by Gasteiger charge is 2.08. The highest BCUT2D eigenvalue weighted by atomic mass is 16.5. The summed E-state index contributed by atoms with van der Waals surface area (Å²) in [6, 6.07) is 15.1. The first-order valence-electron chi connectivity index (χ1n) is 7.77. The van der Waals surface area contributed by atoms with Crippen molar-refractivity contribution in [3.05, 3.63) is 66.3 Å². The van der Waals surface area contributed by atoms with Crippen LogP contribution in [-0.4, -0.2) is 13.0 Å². The molecule has 0 saturated carbocycles. The van der Waals surface area contributed by atoms with E-state index in [4.69, 9.17) is 13.6 Å². The van der Waals surface area contributed by atoms with Crippen molar-refractivity contribution in [2.75, 3.05) is 7.11 Å². The highest BCUT2D eigenvalue weighted by Crippen LogP contribution is 2.24. The third-order valence-electron chi connectivity index (χ3n) is 3.67. The van der Waals surface area contributed by atoms with Gasteiger partial charge in [0.1, 0.15) is 23.0 Å². The molecule has 124 valence electrons. The van der Waals surface area contributed by atoms with E-state index < -0.39 is 0 Å². The first-order chi connectivity index (χ1) is 11.7. The largest absolute Gasteiger partial charge is 0.497 e. The molecule has 5 nitrogen and oxygen atoms in total. The topological polar surface area (TPSA) is 64.6 Å². The fourth-order valence-electron chi connectivity index (χ4n) is 2.35. The summed E-state index contributed by atoms with van der Waals surface area (Å²) in [4.78, 5) is 11.9. The molecule has 0 saturated heterocycles. The first-order valence-corrected chi connectivity index (χ1v) is 7.77. The van der Waals surface area contributed by atoms with E-state index in [-0.39, 0.29) is 5.91 Å². The first kappa shape index (κ1) is 15.9. The Bertz CT molecular complexity index is 772. The van der Waals surface area contributed by atoms with E-state index in [1.54, 1.807) is 19.4 Å². The third-order valence-corrected chi connectivity index (χ3v) is 3.67. The van der Waals surface area contributed by atoms with Gasteiger partial charge in [-0.2, -0.15) is 0 Å². The Hall–Kier alpha value is -2.95. The van der Waals surface area contributed by atoms with Crippen LogP contribution < -0.4 is 10.1 Å². The molecule has 5 heteroatoms. The molecule has 2 heterocycles. The Kier molecular flexibility index (Phi) is 5.01. The number of amides is 1. The molecule has 0 atom stereocenters. The minimum absolute atomic E-state index is 0.0335. The van der Waals surface area contributed by atoms with Crippen LogP contribution in [0.15, 0.2) is 63.6 Å². The quantitative estimate of drug-likeness (QED) is 0.717. The molecule has 24 heavy (non-hydrogen) atoms. The summed E-state index contributed by atoms with van der Waals surface area (Å²) in [5, 5.41) is 2.82. The fourth-order valence-corrected chi connectivity index (χ4v) is 2.35. The summed E-state index contributed by atoms with van der Waals surface area (Å²) in [5.74, 6) is 3.08. The van der Waals surface area contributed by atoms with Crippen LogP contribution in [0.3, 0.4) is 0 Å². The van der Waals surface area contributed by atoms with E-state index in [2.05, 4.69) is 5.32 Å². The van der Waals surface area contributed by atoms with E-state index in [1.807, 2.05) is 42.5 Å². The van der Waals surface area contributed by atoms with Gasteiger partial charge in [0.2, 0.25) is 5.91 Å². The molecule has 1 N–H and O–H groups in total. The second kappa shape index (κ2) is 7.55. The normalized spacial score (nSPS) is 10.5. The van der Waals surface area contributed by atoms with Crippen LogP contribution in [0.5, 0.6) is 5.75 Å². The van der Waals surface area contributed by atoms with E-state index in [0.717, 1.165) is 28.6 Å².